The Hall–Kier alpha value is -1.07. The SMILES string of the molecule is NC(CNCc1ccc(Br)cc1)=NO. The lowest BCUT2D eigenvalue weighted by Crippen LogP contribution is -2.28. The van der Waals surface area contributed by atoms with E-state index in [1.54, 1.807) is 0 Å². The van der Waals surface area contributed by atoms with Gasteiger partial charge in [0.15, 0.2) is 5.84 Å². The van der Waals surface area contributed by atoms with E-state index in [0.717, 1.165) is 10.0 Å². The summed E-state index contributed by atoms with van der Waals surface area (Å²) >= 11 is 3.36. The van der Waals surface area contributed by atoms with Crippen LogP contribution in [0.5, 0.6) is 0 Å². The molecule has 0 unspecified atom stereocenters. The molecule has 0 heterocycles. The fraction of sp³-hybridized carbons (Fsp3) is 0.222. The smallest absolute Gasteiger partial charge is 0.153 e. The Balaban J connectivity index is 2.35. The van der Waals surface area contributed by atoms with Crippen LogP contribution in [-0.4, -0.2) is 17.6 Å². The van der Waals surface area contributed by atoms with Crippen molar-refractivity contribution in [2.75, 3.05) is 6.54 Å². The minimum Gasteiger partial charge on any atom is -0.409 e. The normalized spacial score (nSPS) is 11.6. The van der Waals surface area contributed by atoms with Gasteiger partial charge in [0, 0.05) is 11.0 Å². The van der Waals surface area contributed by atoms with Gasteiger partial charge in [0.05, 0.1) is 6.54 Å². The molecule has 4 nitrogen and oxygen atoms in total. The van der Waals surface area contributed by atoms with Crippen LogP contribution in [0, 0.1) is 0 Å². The fourth-order valence-electron chi connectivity index (χ4n) is 0.973. The highest BCUT2D eigenvalue weighted by Gasteiger charge is 1.94. The van der Waals surface area contributed by atoms with Gasteiger partial charge in [-0.1, -0.05) is 33.2 Å². The molecule has 0 atom stereocenters. The van der Waals surface area contributed by atoms with Crippen molar-refractivity contribution in [2.24, 2.45) is 10.9 Å². The van der Waals surface area contributed by atoms with Crippen LogP contribution in [0.1, 0.15) is 5.56 Å². The average molecular weight is 258 g/mol. The van der Waals surface area contributed by atoms with Gasteiger partial charge in [0.2, 0.25) is 0 Å². The minimum absolute atomic E-state index is 0.183. The lowest BCUT2D eigenvalue weighted by Gasteiger charge is -2.03. The summed E-state index contributed by atoms with van der Waals surface area (Å²) in [7, 11) is 0. The van der Waals surface area contributed by atoms with Crippen LogP contribution in [0.2, 0.25) is 0 Å². The number of benzene rings is 1. The zero-order chi connectivity index (χ0) is 10.4. The molecule has 0 amide bonds. The minimum atomic E-state index is 0.183. The highest BCUT2D eigenvalue weighted by Crippen LogP contribution is 2.09. The van der Waals surface area contributed by atoms with E-state index in [1.165, 1.54) is 0 Å². The van der Waals surface area contributed by atoms with Crippen molar-refractivity contribution in [3.8, 4) is 0 Å². The van der Waals surface area contributed by atoms with Crippen molar-refractivity contribution in [1.82, 2.24) is 5.32 Å². The Morgan fingerprint density at radius 2 is 2.07 bits per heavy atom. The third-order valence-electron chi connectivity index (χ3n) is 1.68. The fourth-order valence-corrected chi connectivity index (χ4v) is 1.24. The zero-order valence-corrected chi connectivity index (χ0v) is 9.16. The van der Waals surface area contributed by atoms with Gasteiger partial charge in [-0.3, -0.25) is 0 Å². The molecule has 0 radical (unpaired) electrons. The van der Waals surface area contributed by atoms with E-state index >= 15 is 0 Å². The van der Waals surface area contributed by atoms with Gasteiger partial charge >= 0.3 is 0 Å². The first-order valence-corrected chi connectivity index (χ1v) is 4.93. The summed E-state index contributed by atoms with van der Waals surface area (Å²) in [6.45, 7) is 1.08. The van der Waals surface area contributed by atoms with Crippen molar-refractivity contribution in [2.45, 2.75) is 6.54 Å². The summed E-state index contributed by atoms with van der Waals surface area (Å²) in [6.07, 6.45) is 0. The van der Waals surface area contributed by atoms with Crippen molar-refractivity contribution in [3.63, 3.8) is 0 Å². The van der Waals surface area contributed by atoms with Gasteiger partial charge in [-0.25, -0.2) is 0 Å². The second-order valence-corrected chi connectivity index (χ2v) is 3.74. The van der Waals surface area contributed by atoms with Gasteiger partial charge in [-0.05, 0) is 17.7 Å². The van der Waals surface area contributed by atoms with Gasteiger partial charge in [-0.15, -0.1) is 0 Å². The average Bonchev–Trinajstić information content (AvgIpc) is 2.21. The third kappa shape index (κ3) is 3.76. The quantitative estimate of drug-likeness (QED) is 0.330. The number of nitrogens with two attached hydrogens (primary N) is 1. The van der Waals surface area contributed by atoms with Gasteiger partial charge in [0.25, 0.3) is 0 Å². The van der Waals surface area contributed by atoms with Gasteiger partial charge in [0.1, 0.15) is 0 Å². The molecule has 0 saturated heterocycles. The standard InChI is InChI=1S/C9H12BrN3O/c10-8-3-1-7(2-4-8)5-12-6-9(11)13-14/h1-4,12,14H,5-6H2,(H2,11,13). The molecule has 0 saturated carbocycles. The first-order valence-electron chi connectivity index (χ1n) is 4.14. The lowest BCUT2D eigenvalue weighted by atomic mass is 10.2. The lowest BCUT2D eigenvalue weighted by molar-refractivity contribution is 0.317. The predicted molar refractivity (Wildman–Crippen MR) is 59.3 cm³/mol. The molecule has 0 fully saturated rings. The molecule has 0 bridgehead atoms. The van der Waals surface area contributed by atoms with Crippen LogP contribution in [-0.2, 0) is 6.54 Å². The molecular weight excluding hydrogens is 246 g/mol. The first kappa shape index (κ1) is 11.0. The molecule has 14 heavy (non-hydrogen) atoms. The summed E-state index contributed by atoms with van der Waals surface area (Å²) in [5, 5.41) is 14.2. The summed E-state index contributed by atoms with van der Waals surface area (Å²) in [4.78, 5) is 0. The molecule has 0 aliphatic carbocycles. The molecule has 4 N–H and O–H groups in total. The van der Waals surface area contributed by atoms with Crippen molar-refractivity contribution < 1.29 is 5.21 Å². The topological polar surface area (TPSA) is 70.6 Å². The maximum atomic E-state index is 8.29. The van der Waals surface area contributed by atoms with E-state index in [2.05, 4.69) is 26.4 Å². The summed E-state index contributed by atoms with van der Waals surface area (Å²) in [5.41, 5.74) is 6.44. The molecule has 76 valence electrons. The Labute approximate surface area is 90.9 Å². The second-order valence-electron chi connectivity index (χ2n) is 2.82. The third-order valence-corrected chi connectivity index (χ3v) is 2.21. The van der Waals surface area contributed by atoms with Crippen molar-refractivity contribution >= 4 is 21.8 Å². The Morgan fingerprint density at radius 3 is 2.64 bits per heavy atom. The second kappa shape index (κ2) is 5.62. The molecule has 0 aliphatic rings. The molecule has 1 rings (SSSR count). The number of hydrogen-bond donors (Lipinski definition) is 3. The Kier molecular flexibility index (Phi) is 4.42. The van der Waals surface area contributed by atoms with Gasteiger partial charge < -0.3 is 16.3 Å². The maximum Gasteiger partial charge on any atom is 0.153 e. The van der Waals surface area contributed by atoms with E-state index in [1.807, 2.05) is 24.3 Å². The molecule has 0 aliphatic heterocycles. The maximum absolute atomic E-state index is 8.29. The number of nitrogens with one attached hydrogen (secondary N) is 1. The molecule has 5 heteroatoms. The largest absolute Gasteiger partial charge is 0.409 e. The molecule has 0 aromatic heterocycles. The van der Waals surface area contributed by atoms with E-state index in [9.17, 15) is 0 Å². The summed E-state index contributed by atoms with van der Waals surface area (Å²) in [6, 6.07) is 7.95. The number of rotatable bonds is 4. The van der Waals surface area contributed by atoms with Crippen LogP contribution in [0.3, 0.4) is 0 Å². The highest BCUT2D eigenvalue weighted by atomic mass is 79.9. The summed E-state index contributed by atoms with van der Waals surface area (Å²) in [5.74, 6) is 0.183. The zero-order valence-electron chi connectivity index (χ0n) is 7.57. The van der Waals surface area contributed by atoms with E-state index in [0.29, 0.717) is 13.1 Å². The van der Waals surface area contributed by atoms with E-state index in [4.69, 9.17) is 10.9 Å². The summed E-state index contributed by atoms with van der Waals surface area (Å²) < 4.78 is 1.05. The first-order chi connectivity index (χ1) is 6.72. The Morgan fingerprint density at radius 1 is 1.43 bits per heavy atom. The number of halogens is 1. The highest BCUT2D eigenvalue weighted by molar-refractivity contribution is 9.10. The van der Waals surface area contributed by atoms with Crippen molar-refractivity contribution in [1.29, 1.82) is 0 Å². The predicted octanol–water partition coefficient (Wildman–Crippen LogP) is 1.29. The molecule has 1 aromatic rings. The van der Waals surface area contributed by atoms with Crippen LogP contribution in [0.4, 0.5) is 0 Å². The molecule has 1 aromatic carbocycles. The van der Waals surface area contributed by atoms with E-state index in [-0.39, 0.29) is 5.84 Å². The Bertz CT molecular complexity index is 310. The van der Waals surface area contributed by atoms with E-state index < -0.39 is 0 Å². The monoisotopic (exact) mass is 257 g/mol. The van der Waals surface area contributed by atoms with Gasteiger partial charge in [-0.2, -0.15) is 0 Å². The van der Waals surface area contributed by atoms with Crippen LogP contribution in [0.15, 0.2) is 33.9 Å². The number of nitrogens with zero attached hydrogens (tertiary/aromatic N) is 1. The number of amidine groups is 1. The van der Waals surface area contributed by atoms with Crippen LogP contribution in [0.25, 0.3) is 0 Å². The van der Waals surface area contributed by atoms with Crippen LogP contribution < -0.4 is 11.1 Å². The number of oxime groups is 1. The van der Waals surface area contributed by atoms with Crippen LogP contribution >= 0.6 is 15.9 Å². The van der Waals surface area contributed by atoms with Crippen molar-refractivity contribution in [3.05, 3.63) is 34.3 Å². The molecular formula is C9H12BrN3O. The number of hydrogen-bond acceptors (Lipinski definition) is 3. The molecule has 0 spiro atoms.